The molecule has 0 rings (SSSR count). The van der Waals surface area contributed by atoms with Crippen molar-refractivity contribution in [2.45, 2.75) is 44.4 Å². The predicted molar refractivity (Wildman–Crippen MR) is 49.0 cm³/mol. The van der Waals surface area contributed by atoms with Crippen LogP contribution in [0.2, 0.25) is 0 Å². The Kier molecular flexibility index (Phi) is 5.56. The van der Waals surface area contributed by atoms with Gasteiger partial charge in [-0.25, -0.2) is 0 Å². The van der Waals surface area contributed by atoms with Gasteiger partial charge < -0.3 is 0 Å². The number of halogens is 2. The molecule has 0 heterocycles. The molecule has 0 spiro atoms. The van der Waals surface area contributed by atoms with Crippen LogP contribution in [0.5, 0.6) is 0 Å². The molecule has 0 bridgehead atoms. The highest BCUT2D eigenvalue weighted by atomic mass is 35.5. The van der Waals surface area contributed by atoms with E-state index in [0.717, 1.165) is 12.8 Å². The van der Waals surface area contributed by atoms with Gasteiger partial charge in [0.15, 0.2) is 0 Å². The Balaban J connectivity index is 3.58. The molecule has 0 aliphatic rings. The lowest BCUT2D eigenvalue weighted by molar-refractivity contribution is 0.506. The second-order valence-electron chi connectivity index (χ2n) is 2.84. The normalized spacial score (nSPS) is 20.1. The van der Waals surface area contributed by atoms with Crippen molar-refractivity contribution in [2.75, 3.05) is 0 Å². The van der Waals surface area contributed by atoms with Gasteiger partial charge in [-0.2, -0.15) is 0 Å². The van der Waals surface area contributed by atoms with Crippen LogP contribution < -0.4 is 0 Å². The average Bonchev–Trinajstić information content (AvgIpc) is 1.87. The number of hydrogen-bond acceptors (Lipinski definition) is 0. The summed E-state index contributed by atoms with van der Waals surface area (Å²) in [7, 11) is 0. The van der Waals surface area contributed by atoms with E-state index in [4.69, 9.17) is 23.2 Å². The van der Waals surface area contributed by atoms with Crippen LogP contribution >= 0.6 is 23.2 Å². The lowest BCUT2D eigenvalue weighted by Gasteiger charge is -2.18. The Morgan fingerprint density at radius 1 is 1.20 bits per heavy atom. The van der Waals surface area contributed by atoms with Crippen molar-refractivity contribution in [3.05, 3.63) is 0 Å². The molecular formula is C8H16Cl2. The molecule has 0 aliphatic heterocycles. The highest BCUT2D eigenvalue weighted by molar-refractivity contribution is 6.23. The summed E-state index contributed by atoms with van der Waals surface area (Å²) in [6, 6.07) is 0. The first kappa shape index (κ1) is 10.6. The van der Waals surface area contributed by atoms with Gasteiger partial charge in [0.05, 0.1) is 0 Å². The van der Waals surface area contributed by atoms with E-state index < -0.39 is 0 Å². The fourth-order valence-electron chi connectivity index (χ4n) is 0.826. The highest BCUT2D eigenvalue weighted by Gasteiger charge is 2.17. The molecule has 62 valence electrons. The van der Waals surface area contributed by atoms with Gasteiger partial charge in [-0.3, -0.25) is 0 Å². The Labute approximate surface area is 73.9 Å². The third-order valence-corrected chi connectivity index (χ3v) is 2.87. The van der Waals surface area contributed by atoms with E-state index in [2.05, 4.69) is 13.8 Å². The topological polar surface area (TPSA) is 0 Å². The summed E-state index contributed by atoms with van der Waals surface area (Å²) >= 11 is 11.9. The Bertz CT molecular complexity index is 81.3. The van der Waals surface area contributed by atoms with E-state index in [0.29, 0.717) is 5.92 Å². The van der Waals surface area contributed by atoms with E-state index in [9.17, 15) is 0 Å². The second-order valence-corrected chi connectivity index (χ2v) is 4.09. The summed E-state index contributed by atoms with van der Waals surface area (Å²) < 4.78 is 0. The van der Waals surface area contributed by atoms with Crippen molar-refractivity contribution >= 4 is 23.2 Å². The standard InChI is InChI=1S/C8H16Cl2/c1-4-5-8(10)6(2)7(3)9/h6-8H,4-5H2,1-3H3. The fourth-order valence-corrected chi connectivity index (χ4v) is 1.51. The van der Waals surface area contributed by atoms with Gasteiger partial charge in [0, 0.05) is 10.8 Å². The van der Waals surface area contributed by atoms with Crippen molar-refractivity contribution in [1.82, 2.24) is 0 Å². The van der Waals surface area contributed by atoms with Gasteiger partial charge in [-0.15, -0.1) is 23.2 Å². The largest absolute Gasteiger partial charge is 0.123 e. The quantitative estimate of drug-likeness (QED) is 0.583. The van der Waals surface area contributed by atoms with Crippen molar-refractivity contribution in [3.63, 3.8) is 0 Å². The van der Waals surface area contributed by atoms with Crippen LogP contribution in [-0.4, -0.2) is 10.8 Å². The predicted octanol–water partition coefficient (Wildman–Crippen LogP) is 3.66. The zero-order valence-electron chi connectivity index (χ0n) is 6.90. The summed E-state index contributed by atoms with van der Waals surface area (Å²) in [4.78, 5) is 0. The maximum atomic E-state index is 6.04. The van der Waals surface area contributed by atoms with Crippen LogP contribution in [0.4, 0.5) is 0 Å². The molecule has 0 radical (unpaired) electrons. The van der Waals surface area contributed by atoms with Crippen LogP contribution in [-0.2, 0) is 0 Å². The Hall–Kier alpha value is 0.580. The maximum Gasteiger partial charge on any atom is 0.0375 e. The van der Waals surface area contributed by atoms with E-state index in [-0.39, 0.29) is 10.8 Å². The number of hydrogen-bond donors (Lipinski definition) is 0. The van der Waals surface area contributed by atoms with Crippen LogP contribution in [0.25, 0.3) is 0 Å². The van der Waals surface area contributed by atoms with Gasteiger partial charge in [-0.1, -0.05) is 20.3 Å². The molecule has 3 atom stereocenters. The first-order chi connectivity index (χ1) is 4.59. The first-order valence-electron chi connectivity index (χ1n) is 3.87. The van der Waals surface area contributed by atoms with Crippen LogP contribution in [0, 0.1) is 5.92 Å². The Morgan fingerprint density at radius 2 is 1.70 bits per heavy atom. The van der Waals surface area contributed by atoms with Crippen LogP contribution in [0.3, 0.4) is 0 Å². The van der Waals surface area contributed by atoms with Gasteiger partial charge in [0.1, 0.15) is 0 Å². The monoisotopic (exact) mass is 182 g/mol. The Morgan fingerprint density at radius 3 is 2.00 bits per heavy atom. The molecule has 3 unspecified atom stereocenters. The lowest BCUT2D eigenvalue weighted by atomic mass is 10.0. The highest BCUT2D eigenvalue weighted by Crippen LogP contribution is 2.22. The number of alkyl halides is 2. The third kappa shape index (κ3) is 3.68. The van der Waals surface area contributed by atoms with Gasteiger partial charge in [0.2, 0.25) is 0 Å². The van der Waals surface area contributed by atoms with Gasteiger partial charge in [-0.05, 0) is 19.3 Å². The summed E-state index contributed by atoms with van der Waals surface area (Å²) in [5.74, 6) is 0.420. The molecule has 0 aromatic carbocycles. The molecule has 2 heteroatoms. The van der Waals surface area contributed by atoms with Gasteiger partial charge >= 0.3 is 0 Å². The molecule has 0 N–H and O–H groups in total. The summed E-state index contributed by atoms with van der Waals surface area (Å²) in [5.41, 5.74) is 0. The zero-order valence-corrected chi connectivity index (χ0v) is 8.41. The maximum absolute atomic E-state index is 6.04. The number of rotatable bonds is 4. The lowest BCUT2D eigenvalue weighted by Crippen LogP contribution is -2.19. The van der Waals surface area contributed by atoms with Crippen molar-refractivity contribution in [1.29, 1.82) is 0 Å². The summed E-state index contributed by atoms with van der Waals surface area (Å²) in [6.07, 6.45) is 2.21. The average molecular weight is 183 g/mol. The molecule has 0 saturated heterocycles. The SMILES string of the molecule is CCCC(Cl)C(C)C(C)Cl. The minimum Gasteiger partial charge on any atom is -0.123 e. The van der Waals surface area contributed by atoms with Crippen molar-refractivity contribution < 1.29 is 0 Å². The molecule has 0 amide bonds. The fraction of sp³-hybridized carbons (Fsp3) is 1.00. The van der Waals surface area contributed by atoms with Crippen molar-refractivity contribution in [2.24, 2.45) is 5.92 Å². The molecule has 0 aromatic heterocycles. The zero-order chi connectivity index (χ0) is 8.15. The summed E-state index contributed by atoms with van der Waals surface area (Å²) in [5, 5.41) is 0.437. The summed E-state index contributed by atoms with van der Waals surface area (Å²) in [6.45, 7) is 6.24. The molecule has 0 aliphatic carbocycles. The molecule has 10 heavy (non-hydrogen) atoms. The molecule has 0 nitrogen and oxygen atoms in total. The minimum atomic E-state index is 0.189. The first-order valence-corrected chi connectivity index (χ1v) is 4.75. The second kappa shape index (κ2) is 5.26. The van der Waals surface area contributed by atoms with E-state index >= 15 is 0 Å². The van der Waals surface area contributed by atoms with E-state index in [1.807, 2.05) is 6.92 Å². The van der Waals surface area contributed by atoms with Crippen LogP contribution in [0.1, 0.15) is 33.6 Å². The molecular weight excluding hydrogens is 167 g/mol. The third-order valence-electron chi connectivity index (χ3n) is 1.86. The van der Waals surface area contributed by atoms with Crippen molar-refractivity contribution in [3.8, 4) is 0 Å². The van der Waals surface area contributed by atoms with Crippen LogP contribution in [0.15, 0.2) is 0 Å². The molecule has 0 fully saturated rings. The molecule has 0 saturated carbocycles. The molecule has 0 aromatic rings. The van der Waals surface area contributed by atoms with Gasteiger partial charge in [0.25, 0.3) is 0 Å². The van der Waals surface area contributed by atoms with E-state index in [1.54, 1.807) is 0 Å². The minimum absolute atomic E-state index is 0.189. The van der Waals surface area contributed by atoms with E-state index in [1.165, 1.54) is 0 Å². The smallest absolute Gasteiger partial charge is 0.0375 e.